The van der Waals surface area contributed by atoms with Crippen LogP contribution in [0.3, 0.4) is 0 Å². The molecule has 3 amide bonds. The average Bonchev–Trinajstić information content (AvgIpc) is 2.52. The maximum Gasteiger partial charge on any atom is 0.416 e. The second-order valence-corrected chi connectivity index (χ2v) is 4.94. The summed E-state index contributed by atoms with van der Waals surface area (Å²) >= 11 is 0. The van der Waals surface area contributed by atoms with Gasteiger partial charge in [0.1, 0.15) is 6.04 Å². The summed E-state index contributed by atoms with van der Waals surface area (Å²) < 4.78 is 37.3. The van der Waals surface area contributed by atoms with E-state index >= 15 is 0 Å². The molecule has 0 fully saturated rings. The number of carbonyl (C=O) groups excluding carboxylic acids is 3. The molecular weight excluding hydrogens is 327 g/mol. The fourth-order valence-corrected chi connectivity index (χ4v) is 1.76. The zero-order valence-electron chi connectivity index (χ0n) is 13.2. The van der Waals surface area contributed by atoms with Crippen molar-refractivity contribution in [3.05, 3.63) is 35.4 Å². The van der Waals surface area contributed by atoms with Gasteiger partial charge in [-0.1, -0.05) is 0 Å². The minimum atomic E-state index is -4.48. The molecule has 24 heavy (non-hydrogen) atoms. The molecule has 0 aliphatic carbocycles. The molecule has 0 saturated heterocycles. The van der Waals surface area contributed by atoms with Gasteiger partial charge in [-0.2, -0.15) is 13.2 Å². The Morgan fingerprint density at radius 1 is 1.08 bits per heavy atom. The van der Waals surface area contributed by atoms with E-state index in [0.29, 0.717) is 6.54 Å². The van der Waals surface area contributed by atoms with Gasteiger partial charge in [0.2, 0.25) is 11.8 Å². The van der Waals surface area contributed by atoms with E-state index in [2.05, 4.69) is 16.0 Å². The van der Waals surface area contributed by atoms with Crippen molar-refractivity contribution in [1.82, 2.24) is 16.0 Å². The molecule has 0 unspecified atom stereocenters. The van der Waals surface area contributed by atoms with E-state index in [0.717, 1.165) is 24.3 Å². The van der Waals surface area contributed by atoms with Crippen LogP contribution in [0.15, 0.2) is 24.3 Å². The fourth-order valence-electron chi connectivity index (χ4n) is 1.76. The van der Waals surface area contributed by atoms with Gasteiger partial charge in [-0.05, 0) is 38.1 Å². The van der Waals surface area contributed by atoms with Crippen molar-refractivity contribution in [2.24, 2.45) is 0 Å². The molecular formula is C15H18F3N3O3. The highest BCUT2D eigenvalue weighted by atomic mass is 19.4. The highest BCUT2D eigenvalue weighted by molar-refractivity contribution is 5.97. The molecule has 1 aromatic carbocycles. The molecule has 0 aliphatic rings. The molecule has 0 heterocycles. The third-order valence-corrected chi connectivity index (χ3v) is 3.01. The van der Waals surface area contributed by atoms with Crippen LogP contribution < -0.4 is 16.0 Å². The summed E-state index contributed by atoms with van der Waals surface area (Å²) in [5, 5.41) is 7.18. The van der Waals surface area contributed by atoms with E-state index in [1.165, 1.54) is 6.92 Å². The van der Waals surface area contributed by atoms with Crippen LogP contribution in [0.5, 0.6) is 0 Å². The number of nitrogens with one attached hydrogen (secondary N) is 3. The van der Waals surface area contributed by atoms with Crippen LogP contribution in [0.4, 0.5) is 13.2 Å². The molecule has 1 atom stereocenters. The summed E-state index contributed by atoms with van der Waals surface area (Å²) in [6, 6.07) is 2.85. The van der Waals surface area contributed by atoms with Crippen LogP contribution >= 0.6 is 0 Å². The van der Waals surface area contributed by atoms with Gasteiger partial charge < -0.3 is 16.0 Å². The first-order chi connectivity index (χ1) is 11.1. The first kappa shape index (κ1) is 19.5. The van der Waals surface area contributed by atoms with Gasteiger partial charge in [0, 0.05) is 12.1 Å². The number of rotatable bonds is 6. The van der Waals surface area contributed by atoms with E-state index in [4.69, 9.17) is 0 Å². The molecule has 0 aliphatic heterocycles. The molecule has 132 valence electrons. The Balaban J connectivity index is 2.51. The summed E-state index contributed by atoms with van der Waals surface area (Å²) in [6.07, 6.45) is -4.48. The molecule has 0 saturated carbocycles. The van der Waals surface area contributed by atoms with Crippen LogP contribution in [0, 0.1) is 0 Å². The predicted molar refractivity (Wildman–Crippen MR) is 80.1 cm³/mol. The Labute approximate surface area is 136 Å². The van der Waals surface area contributed by atoms with Crippen molar-refractivity contribution in [2.75, 3.05) is 13.1 Å². The highest BCUT2D eigenvalue weighted by Gasteiger charge is 2.30. The predicted octanol–water partition coefficient (Wildman–Crippen LogP) is 1.08. The monoisotopic (exact) mass is 345 g/mol. The maximum absolute atomic E-state index is 12.4. The quantitative estimate of drug-likeness (QED) is 0.721. The van der Waals surface area contributed by atoms with Crippen molar-refractivity contribution < 1.29 is 27.6 Å². The SMILES string of the molecule is CCNC(=O)[C@@H](C)NC(=O)CNC(=O)c1ccc(C(F)(F)F)cc1. The number of hydrogen-bond acceptors (Lipinski definition) is 3. The lowest BCUT2D eigenvalue weighted by Crippen LogP contribution is -2.47. The molecule has 0 bridgehead atoms. The van der Waals surface area contributed by atoms with Gasteiger partial charge in [-0.15, -0.1) is 0 Å². The van der Waals surface area contributed by atoms with E-state index in [9.17, 15) is 27.6 Å². The zero-order chi connectivity index (χ0) is 18.3. The van der Waals surface area contributed by atoms with Gasteiger partial charge >= 0.3 is 6.18 Å². The number of halogens is 3. The Kier molecular flexibility index (Phi) is 6.75. The van der Waals surface area contributed by atoms with Gasteiger partial charge in [-0.25, -0.2) is 0 Å². The Bertz CT molecular complexity index is 600. The summed E-state index contributed by atoms with van der Waals surface area (Å²) in [5.74, 6) is -1.64. The molecule has 0 aromatic heterocycles. The molecule has 1 rings (SSSR count). The second kappa shape index (κ2) is 8.32. The lowest BCUT2D eigenvalue weighted by atomic mass is 10.1. The number of amides is 3. The first-order valence-electron chi connectivity index (χ1n) is 7.17. The molecule has 1 aromatic rings. The number of alkyl halides is 3. The van der Waals surface area contributed by atoms with Gasteiger partial charge in [0.15, 0.2) is 0 Å². The Morgan fingerprint density at radius 2 is 1.67 bits per heavy atom. The van der Waals surface area contributed by atoms with Crippen LogP contribution in [0.1, 0.15) is 29.8 Å². The lowest BCUT2D eigenvalue weighted by Gasteiger charge is -2.13. The molecule has 6 nitrogen and oxygen atoms in total. The van der Waals surface area contributed by atoms with E-state index in [-0.39, 0.29) is 11.5 Å². The van der Waals surface area contributed by atoms with E-state index in [1.807, 2.05) is 0 Å². The Hall–Kier alpha value is -2.58. The molecule has 0 spiro atoms. The summed E-state index contributed by atoms with van der Waals surface area (Å²) in [7, 11) is 0. The van der Waals surface area contributed by atoms with E-state index < -0.39 is 36.1 Å². The number of hydrogen-bond donors (Lipinski definition) is 3. The van der Waals surface area contributed by atoms with E-state index in [1.54, 1.807) is 6.92 Å². The summed E-state index contributed by atoms with van der Waals surface area (Å²) in [4.78, 5) is 34.9. The molecule has 0 radical (unpaired) electrons. The highest BCUT2D eigenvalue weighted by Crippen LogP contribution is 2.28. The van der Waals surface area contributed by atoms with Crippen molar-refractivity contribution in [3.8, 4) is 0 Å². The van der Waals surface area contributed by atoms with Gasteiger partial charge in [0.25, 0.3) is 5.91 Å². The van der Waals surface area contributed by atoms with Crippen molar-refractivity contribution in [2.45, 2.75) is 26.1 Å². The maximum atomic E-state index is 12.4. The minimum Gasteiger partial charge on any atom is -0.355 e. The number of carbonyl (C=O) groups is 3. The third-order valence-electron chi connectivity index (χ3n) is 3.01. The zero-order valence-corrected chi connectivity index (χ0v) is 13.2. The number of likely N-dealkylation sites (N-methyl/N-ethyl adjacent to an activating group) is 1. The van der Waals surface area contributed by atoms with Crippen molar-refractivity contribution in [1.29, 1.82) is 0 Å². The second-order valence-electron chi connectivity index (χ2n) is 4.94. The topological polar surface area (TPSA) is 87.3 Å². The van der Waals surface area contributed by atoms with Crippen LogP contribution in [-0.2, 0) is 15.8 Å². The largest absolute Gasteiger partial charge is 0.416 e. The lowest BCUT2D eigenvalue weighted by molar-refractivity contribution is -0.137. The van der Waals surface area contributed by atoms with Crippen LogP contribution in [0.25, 0.3) is 0 Å². The average molecular weight is 345 g/mol. The fraction of sp³-hybridized carbons (Fsp3) is 0.400. The first-order valence-corrected chi connectivity index (χ1v) is 7.17. The Morgan fingerprint density at radius 3 is 2.17 bits per heavy atom. The normalized spacial score (nSPS) is 12.2. The van der Waals surface area contributed by atoms with Crippen molar-refractivity contribution in [3.63, 3.8) is 0 Å². The van der Waals surface area contributed by atoms with Crippen LogP contribution in [-0.4, -0.2) is 36.9 Å². The van der Waals surface area contributed by atoms with Gasteiger partial charge in [0.05, 0.1) is 12.1 Å². The standard InChI is InChI=1S/C15H18F3N3O3/c1-3-19-13(23)9(2)21-12(22)8-20-14(24)10-4-6-11(7-5-10)15(16,17)18/h4-7,9H,3,8H2,1-2H3,(H,19,23)(H,20,24)(H,21,22)/t9-/m1/s1. The molecule has 9 heteroatoms. The summed E-state index contributed by atoms with van der Waals surface area (Å²) in [6.45, 7) is 3.24. The minimum absolute atomic E-state index is 0.00688. The van der Waals surface area contributed by atoms with Crippen molar-refractivity contribution >= 4 is 17.7 Å². The number of benzene rings is 1. The summed E-state index contributed by atoms with van der Waals surface area (Å²) in [5.41, 5.74) is -0.875. The molecule has 3 N–H and O–H groups in total. The van der Waals surface area contributed by atoms with Gasteiger partial charge in [-0.3, -0.25) is 14.4 Å². The third kappa shape index (κ3) is 5.90. The smallest absolute Gasteiger partial charge is 0.355 e. The van der Waals surface area contributed by atoms with Crippen LogP contribution in [0.2, 0.25) is 0 Å².